The van der Waals surface area contributed by atoms with E-state index in [2.05, 4.69) is 5.32 Å². The summed E-state index contributed by atoms with van der Waals surface area (Å²) in [7, 11) is 3.01. The summed E-state index contributed by atoms with van der Waals surface area (Å²) < 4.78 is 2.41. The van der Waals surface area contributed by atoms with Crippen LogP contribution in [-0.2, 0) is 20.6 Å². The van der Waals surface area contributed by atoms with Crippen LogP contribution < -0.4 is 16.6 Å². The molecule has 1 aromatic carbocycles. The lowest BCUT2D eigenvalue weighted by Crippen LogP contribution is -2.38. The third kappa shape index (κ3) is 3.26. The fourth-order valence-corrected chi connectivity index (χ4v) is 2.79. The van der Waals surface area contributed by atoms with E-state index in [9.17, 15) is 9.59 Å². The van der Waals surface area contributed by atoms with E-state index in [1.54, 1.807) is 19.2 Å². The molecule has 112 valence electrons. The largest absolute Gasteiger partial charge is 0.377 e. The summed E-state index contributed by atoms with van der Waals surface area (Å²) in [6, 6.07) is 4.49. The number of hydrogen-bond acceptors (Lipinski definition) is 3. The van der Waals surface area contributed by atoms with Crippen LogP contribution in [0, 0.1) is 0 Å². The van der Waals surface area contributed by atoms with Gasteiger partial charge in [-0.3, -0.25) is 13.9 Å². The molecule has 0 bridgehead atoms. The van der Waals surface area contributed by atoms with E-state index in [-0.39, 0.29) is 12.1 Å². The normalized spacial score (nSPS) is 10.7. The summed E-state index contributed by atoms with van der Waals surface area (Å²) in [5, 5.41) is 4.16. The number of nitrogens with zero attached hydrogens (tertiary/aromatic N) is 2. The lowest BCUT2D eigenvalue weighted by Gasteiger charge is -2.13. The van der Waals surface area contributed by atoms with Crippen molar-refractivity contribution in [2.24, 2.45) is 14.1 Å². The number of rotatable bonds is 3. The Labute approximate surface area is 135 Å². The maximum absolute atomic E-state index is 11.8. The molecule has 2 rings (SSSR count). The maximum Gasteiger partial charge on any atom is 0.330 e. The van der Waals surface area contributed by atoms with Crippen LogP contribution in [0.3, 0.4) is 0 Å². The molecule has 0 aliphatic heterocycles. The van der Waals surface area contributed by atoms with E-state index in [0.29, 0.717) is 26.4 Å². The van der Waals surface area contributed by atoms with Gasteiger partial charge in [-0.1, -0.05) is 34.8 Å². The first-order valence-electron chi connectivity index (χ1n) is 5.95. The molecule has 8 heteroatoms. The highest BCUT2D eigenvalue weighted by molar-refractivity contribution is 6.41. The Kier molecular flexibility index (Phi) is 4.66. The van der Waals surface area contributed by atoms with Gasteiger partial charge in [0.2, 0.25) is 0 Å². The zero-order valence-electron chi connectivity index (χ0n) is 11.3. The molecule has 5 nitrogen and oxygen atoms in total. The van der Waals surface area contributed by atoms with Crippen LogP contribution in [0.2, 0.25) is 15.1 Å². The third-order valence-electron chi connectivity index (χ3n) is 3.08. The van der Waals surface area contributed by atoms with Crippen molar-refractivity contribution >= 4 is 40.5 Å². The zero-order chi connectivity index (χ0) is 15.7. The standard InChI is InChI=1S/C13H12Cl3N3O2/c1-18-8(5-11(20)19(2)13(18)21)6-17-12-9(15)3-7(14)4-10(12)16/h3-5,17H,6H2,1-2H3. The second kappa shape index (κ2) is 6.13. The van der Waals surface area contributed by atoms with Gasteiger partial charge in [-0.2, -0.15) is 0 Å². The zero-order valence-corrected chi connectivity index (χ0v) is 13.6. The van der Waals surface area contributed by atoms with Gasteiger partial charge in [-0.05, 0) is 12.1 Å². The molecule has 0 aliphatic carbocycles. The number of hydrogen-bond donors (Lipinski definition) is 1. The van der Waals surface area contributed by atoms with Crippen molar-refractivity contribution in [1.29, 1.82) is 0 Å². The minimum absolute atomic E-state index is 0.225. The molecule has 0 aliphatic rings. The lowest BCUT2D eigenvalue weighted by atomic mass is 10.3. The molecular weight excluding hydrogens is 337 g/mol. The molecule has 21 heavy (non-hydrogen) atoms. The number of halogens is 3. The molecule has 0 fully saturated rings. The summed E-state index contributed by atoms with van der Waals surface area (Å²) in [5.74, 6) is 0. The average molecular weight is 349 g/mol. The minimum atomic E-state index is -0.396. The van der Waals surface area contributed by atoms with Gasteiger partial charge < -0.3 is 5.32 Å². The quantitative estimate of drug-likeness (QED) is 0.928. The number of nitrogens with one attached hydrogen (secondary N) is 1. The highest BCUT2D eigenvalue weighted by Gasteiger charge is 2.10. The Balaban J connectivity index is 2.34. The van der Waals surface area contributed by atoms with Crippen LogP contribution in [0.5, 0.6) is 0 Å². The summed E-state index contributed by atoms with van der Waals surface area (Å²) >= 11 is 18.0. The minimum Gasteiger partial charge on any atom is -0.377 e. The van der Waals surface area contributed by atoms with E-state index in [0.717, 1.165) is 4.57 Å². The van der Waals surface area contributed by atoms with Crippen molar-refractivity contribution < 1.29 is 0 Å². The second-order valence-electron chi connectivity index (χ2n) is 4.47. The van der Waals surface area contributed by atoms with E-state index in [4.69, 9.17) is 34.8 Å². The topological polar surface area (TPSA) is 56.0 Å². The number of benzene rings is 1. The Morgan fingerprint density at radius 2 is 1.57 bits per heavy atom. The molecule has 1 N–H and O–H groups in total. The summed E-state index contributed by atoms with van der Waals surface area (Å²) in [4.78, 5) is 23.5. The Morgan fingerprint density at radius 3 is 2.14 bits per heavy atom. The van der Waals surface area contributed by atoms with Crippen LogP contribution in [0.4, 0.5) is 5.69 Å². The van der Waals surface area contributed by atoms with Crippen molar-refractivity contribution in [2.75, 3.05) is 5.32 Å². The van der Waals surface area contributed by atoms with Crippen molar-refractivity contribution in [1.82, 2.24) is 9.13 Å². The third-order valence-corrected chi connectivity index (χ3v) is 3.89. The monoisotopic (exact) mass is 347 g/mol. The van der Waals surface area contributed by atoms with Crippen molar-refractivity contribution in [3.63, 3.8) is 0 Å². The van der Waals surface area contributed by atoms with E-state index in [1.165, 1.54) is 17.7 Å². The molecule has 0 unspecified atom stereocenters. The SMILES string of the molecule is Cn1c(CNc2c(Cl)cc(Cl)cc2Cl)cc(=O)n(C)c1=O. The summed E-state index contributed by atoms with van der Waals surface area (Å²) in [5.41, 5.74) is 0.247. The van der Waals surface area contributed by atoms with Crippen LogP contribution >= 0.6 is 34.8 Å². The lowest BCUT2D eigenvalue weighted by molar-refractivity contribution is 0.655. The van der Waals surface area contributed by atoms with Crippen molar-refractivity contribution in [3.05, 3.63) is 59.8 Å². The van der Waals surface area contributed by atoms with Gasteiger partial charge in [0.15, 0.2) is 0 Å². The molecule has 1 aromatic heterocycles. The van der Waals surface area contributed by atoms with E-state index >= 15 is 0 Å². The molecule has 0 amide bonds. The molecule has 0 radical (unpaired) electrons. The second-order valence-corrected chi connectivity index (χ2v) is 5.72. The van der Waals surface area contributed by atoms with Gasteiger partial charge in [0.25, 0.3) is 5.56 Å². The van der Waals surface area contributed by atoms with Crippen LogP contribution in [0.25, 0.3) is 0 Å². The number of aromatic nitrogens is 2. The fourth-order valence-electron chi connectivity index (χ4n) is 1.84. The van der Waals surface area contributed by atoms with Gasteiger partial charge in [0.05, 0.1) is 22.3 Å². The molecule has 0 atom stereocenters. The van der Waals surface area contributed by atoms with Crippen LogP contribution in [-0.4, -0.2) is 9.13 Å². The van der Waals surface area contributed by atoms with E-state index in [1.807, 2.05) is 0 Å². The highest BCUT2D eigenvalue weighted by Crippen LogP contribution is 2.33. The van der Waals surface area contributed by atoms with Gasteiger partial charge in [0, 0.05) is 30.9 Å². The van der Waals surface area contributed by atoms with Crippen LogP contribution in [0.1, 0.15) is 5.69 Å². The van der Waals surface area contributed by atoms with Crippen molar-refractivity contribution in [2.45, 2.75) is 6.54 Å². The van der Waals surface area contributed by atoms with Gasteiger partial charge in [0.1, 0.15) is 0 Å². The van der Waals surface area contributed by atoms with Gasteiger partial charge in [-0.25, -0.2) is 4.79 Å². The highest BCUT2D eigenvalue weighted by atomic mass is 35.5. The number of anilines is 1. The Bertz CT molecular complexity index is 788. The molecule has 0 saturated heterocycles. The first-order valence-corrected chi connectivity index (χ1v) is 7.09. The maximum atomic E-state index is 11.8. The molecule has 0 saturated carbocycles. The van der Waals surface area contributed by atoms with Crippen molar-refractivity contribution in [3.8, 4) is 0 Å². The predicted octanol–water partition coefficient (Wildman–Crippen LogP) is 2.66. The Hall–Kier alpha value is -1.43. The first-order chi connectivity index (χ1) is 9.81. The van der Waals surface area contributed by atoms with Gasteiger partial charge in [-0.15, -0.1) is 0 Å². The summed E-state index contributed by atoms with van der Waals surface area (Å²) in [6.45, 7) is 0.225. The average Bonchev–Trinajstić information content (AvgIpc) is 2.40. The molecule has 2 aromatic rings. The predicted molar refractivity (Wildman–Crippen MR) is 85.7 cm³/mol. The smallest absolute Gasteiger partial charge is 0.330 e. The van der Waals surface area contributed by atoms with E-state index < -0.39 is 5.69 Å². The first kappa shape index (κ1) is 15.9. The van der Waals surface area contributed by atoms with Gasteiger partial charge >= 0.3 is 5.69 Å². The van der Waals surface area contributed by atoms with Crippen LogP contribution in [0.15, 0.2) is 27.8 Å². The molecule has 0 spiro atoms. The Morgan fingerprint density at radius 1 is 1.00 bits per heavy atom. The molecular formula is C13H12Cl3N3O2. The fraction of sp³-hybridized carbons (Fsp3) is 0.231. The molecule has 1 heterocycles. The summed E-state index contributed by atoms with van der Waals surface area (Å²) in [6.07, 6.45) is 0.